The molecule has 0 spiro atoms. The Morgan fingerprint density at radius 2 is 2.04 bits per heavy atom. The smallest absolute Gasteiger partial charge is 0.230 e. The maximum absolute atomic E-state index is 13.0. The lowest BCUT2D eigenvalue weighted by Gasteiger charge is -2.04. The SMILES string of the molecule is O=C(Cc1ccc(F)cc1Cl)Nc1nc(-c2ccncc2)cs1. The van der Waals surface area contributed by atoms with Gasteiger partial charge in [-0.1, -0.05) is 17.7 Å². The van der Waals surface area contributed by atoms with Crippen molar-refractivity contribution in [2.75, 3.05) is 5.32 Å². The summed E-state index contributed by atoms with van der Waals surface area (Å²) in [6, 6.07) is 7.66. The second-order valence-electron chi connectivity index (χ2n) is 4.73. The van der Waals surface area contributed by atoms with Gasteiger partial charge in [0.05, 0.1) is 12.1 Å². The summed E-state index contributed by atoms with van der Waals surface area (Å²) in [4.78, 5) is 20.4. The minimum absolute atomic E-state index is 0.0588. The molecule has 0 fully saturated rings. The quantitative estimate of drug-likeness (QED) is 0.770. The summed E-state index contributed by atoms with van der Waals surface area (Å²) < 4.78 is 13.0. The van der Waals surface area contributed by atoms with E-state index in [9.17, 15) is 9.18 Å². The van der Waals surface area contributed by atoms with E-state index in [1.54, 1.807) is 12.4 Å². The Bertz CT molecular complexity index is 838. The molecule has 1 N–H and O–H groups in total. The highest BCUT2D eigenvalue weighted by molar-refractivity contribution is 7.14. The molecule has 0 radical (unpaired) electrons. The van der Waals surface area contributed by atoms with E-state index in [2.05, 4.69) is 15.3 Å². The first kappa shape index (κ1) is 15.6. The molecule has 1 aromatic carbocycles. The van der Waals surface area contributed by atoms with Gasteiger partial charge in [-0.15, -0.1) is 11.3 Å². The number of halogens is 2. The molecule has 0 saturated heterocycles. The van der Waals surface area contributed by atoms with E-state index in [0.717, 1.165) is 11.3 Å². The van der Waals surface area contributed by atoms with Crippen molar-refractivity contribution in [1.29, 1.82) is 0 Å². The van der Waals surface area contributed by atoms with Crippen molar-refractivity contribution in [1.82, 2.24) is 9.97 Å². The number of nitrogens with zero attached hydrogens (tertiary/aromatic N) is 2. The first-order valence-corrected chi connectivity index (χ1v) is 7.97. The highest BCUT2D eigenvalue weighted by Gasteiger charge is 2.11. The number of pyridine rings is 1. The van der Waals surface area contributed by atoms with Crippen LogP contribution in [0.3, 0.4) is 0 Å². The Kier molecular flexibility index (Phi) is 4.64. The van der Waals surface area contributed by atoms with Crippen LogP contribution in [-0.4, -0.2) is 15.9 Å². The number of amides is 1. The van der Waals surface area contributed by atoms with Gasteiger partial charge in [0.15, 0.2) is 5.13 Å². The summed E-state index contributed by atoms with van der Waals surface area (Å²) in [5.74, 6) is -0.685. The average molecular weight is 348 g/mol. The molecule has 4 nitrogen and oxygen atoms in total. The Morgan fingerprint density at radius 1 is 1.26 bits per heavy atom. The number of hydrogen-bond acceptors (Lipinski definition) is 4. The highest BCUT2D eigenvalue weighted by Crippen LogP contribution is 2.24. The number of nitrogens with one attached hydrogen (secondary N) is 1. The third-order valence-corrected chi connectivity index (χ3v) is 4.20. The van der Waals surface area contributed by atoms with Gasteiger partial charge < -0.3 is 5.32 Å². The van der Waals surface area contributed by atoms with Crippen LogP contribution in [0, 0.1) is 5.82 Å². The van der Waals surface area contributed by atoms with Crippen molar-refractivity contribution in [2.45, 2.75) is 6.42 Å². The van der Waals surface area contributed by atoms with Gasteiger partial charge in [0, 0.05) is 28.4 Å². The maximum atomic E-state index is 13.0. The number of carbonyl (C=O) groups is 1. The van der Waals surface area contributed by atoms with E-state index >= 15 is 0 Å². The summed E-state index contributed by atoms with van der Waals surface area (Å²) in [5, 5.41) is 5.31. The molecule has 0 bridgehead atoms. The van der Waals surface area contributed by atoms with Crippen LogP contribution in [0.4, 0.5) is 9.52 Å². The average Bonchev–Trinajstić information content (AvgIpc) is 2.99. The number of hydrogen-bond donors (Lipinski definition) is 1. The predicted molar refractivity (Wildman–Crippen MR) is 89.1 cm³/mol. The van der Waals surface area contributed by atoms with E-state index < -0.39 is 5.82 Å². The first-order valence-electron chi connectivity index (χ1n) is 6.71. The topological polar surface area (TPSA) is 54.9 Å². The van der Waals surface area contributed by atoms with Gasteiger partial charge in [0.25, 0.3) is 0 Å². The fourth-order valence-corrected chi connectivity index (χ4v) is 2.96. The normalized spacial score (nSPS) is 10.5. The Balaban J connectivity index is 1.68. The van der Waals surface area contributed by atoms with Crippen molar-refractivity contribution >= 4 is 34.0 Å². The van der Waals surface area contributed by atoms with Gasteiger partial charge in [-0.25, -0.2) is 9.37 Å². The van der Waals surface area contributed by atoms with Crippen molar-refractivity contribution in [3.63, 3.8) is 0 Å². The van der Waals surface area contributed by atoms with Gasteiger partial charge in [0.1, 0.15) is 5.82 Å². The summed E-state index contributed by atoms with van der Waals surface area (Å²) in [7, 11) is 0. The fraction of sp³-hybridized carbons (Fsp3) is 0.0625. The molecule has 0 unspecified atom stereocenters. The van der Waals surface area contributed by atoms with Crippen LogP contribution in [0.15, 0.2) is 48.1 Å². The molecule has 116 valence electrons. The van der Waals surface area contributed by atoms with Crippen LogP contribution >= 0.6 is 22.9 Å². The fourth-order valence-electron chi connectivity index (χ4n) is 1.99. The van der Waals surface area contributed by atoms with Gasteiger partial charge in [-0.05, 0) is 29.8 Å². The lowest BCUT2D eigenvalue weighted by Crippen LogP contribution is -2.14. The molecule has 0 aliphatic heterocycles. The zero-order valence-electron chi connectivity index (χ0n) is 11.8. The molecular weight excluding hydrogens is 337 g/mol. The zero-order valence-corrected chi connectivity index (χ0v) is 13.4. The zero-order chi connectivity index (χ0) is 16.2. The van der Waals surface area contributed by atoms with Gasteiger partial charge in [-0.2, -0.15) is 0 Å². The van der Waals surface area contributed by atoms with Gasteiger partial charge in [0.2, 0.25) is 5.91 Å². The van der Waals surface area contributed by atoms with Crippen LogP contribution in [0.2, 0.25) is 5.02 Å². The summed E-state index contributed by atoms with van der Waals surface area (Å²) >= 11 is 7.26. The minimum atomic E-state index is -0.430. The third kappa shape index (κ3) is 3.91. The Labute approximate surface area is 141 Å². The summed E-state index contributed by atoms with van der Waals surface area (Å²) in [6.45, 7) is 0. The molecule has 2 heterocycles. The van der Waals surface area contributed by atoms with Crippen molar-refractivity contribution in [3.8, 4) is 11.3 Å². The van der Waals surface area contributed by atoms with Crippen molar-refractivity contribution in [3.05, 3.63) is 64.5 Å². The molecule has 0 aliphatic carbocycles. The number of thiazole rings is 1. The standard InChI is InChI=1S/C16H11ClFN3OS/c17-13-8-12(18)2-1-11(13)7-15(22)21-16-20-14(9-23-16)10-3-5-19-6-4-10/h1-6,8-9H,7H2,(H,20,21,22). The minimum Gasteiger partial charge on any atom is -0.302 e. The second-order valence-corrected chi connectivity index (χ2v) is 6.00. The van der Waals surface area contributed by atoms with Crippen molar-refractivity contribution in [2.24, 2.45) is 0 Å². The van der Waals surface area contributed by atoms with Crippen molar-refractivity contribution < 1.29 is 9.18 Å². The lowest BCUT2D eigenvalue weighted by molar-refractivity contribution is -0.115. The highest BCUT2D eigenvalue weighted by atomic mass is 35.5. The molecule has 3 aromatic rings. The van der Waals surface area contributed by atoms with Gasteiger partial charge >= 0.3 is 0 Å². The van der Waals surface area contributed by atoms with E-state index in [4.69, 9.17) is 11.6 Å². The number of anilines is 1. The van der Waals surface area contributed by atoms with Crippen LogP contribution in [-0.2, 0) is 11.2 Å². The van der Waals surface area contributed by atoms with E-state index in [1.807, 2.05) is 17.5 Å². The van der Waals surface area contributed by atoms with E-state index in [1.165, 1.54) is 29.5 Å². The van der Waals surface area contributed by atoms with Crippen LogP contribution in [0.5, 0.6) is 0 Å². The maximum Gasteiger partial charge on any atom is 0.230 e. The molecule has 3 rings (SSSR count). The summed E-state index contributed by atoms with van der Waals surface area (Å²) in [5.41, 5.74) is 2.27. The van der Waals surface area contributed by atoms with Crippen LogP contribution < -0.4 is 5.32 Å². The molecule has 23 heavy (non-hydrogen) atoms. The number of rotatable bonds is 4. The molecule has 1 amide bonds. The second kappa shape index (κ2) is 6.85. The molecular formula is C16H11ClFN3OS. The molecule has 0 aliphatic rings. The monoisotopic (exact) mass is 347 g/mol. The molecule has 0 atom stereocenters. The van der Waals surface area contributed by atoms with E-state index in [0.29, 0.717) is 10.7 Å². The lowest BCUT2D eigenvalue weighted by atomic mass is 10.1. The molecule has 2 aromatic heterocycles. The molecule has 0 saturated carbocycles. The Morgan fingerprint density at radius 3 is 2.78 bits per heavy atom. The van der Waals surface area contributed by atoms with Crippen LogP contribution in [0.1, 0.15) is 5.56 Å². The first-order chi connectivity index (χ1) is 11.1. The predicted octanol–water partition coefficient (Wildman–Crippen LogP) is 4.18. The van der Waals surface area contributed by atoms with E-state index in [-0.39, 0.29) is 17.4 Å². The number of aromatic nitrogens is 2. The largest absolute Gasteiger partial charge is 0.302 e. The number of benzene rings is 1. The summed E-state index contributed by atoms with van der Waals surface area (Å²) in [6.07, 6.45) is 3.43. The third-order valence-electron chi connectivity index (χ3n) is 3.09. The van der Waals surface area contributed by atoms with Gasteiger partial charge in [-0.3, -0.25) is 9.78 Å². The van der Waals surface area contributed by atoms with Crippen LogP contribution in [0.25, 0.3) is 11.3 Å². The number of carbonyl (C=O) groups excluding carboxylic acids is 1. The Hall–Kier alpha value is -2.31. The molecule has 7 heteroatoms.